The van der Waals surface area contributed by atoms with Gasteiger partial charge in [-0.25, -0.2) is 0 Å². The van der Waals surface area contributed by atoms with Gasteiger partial charge in [0.2, 0.25) is 0 Å². The third kappa shape index (κ3) is 3.23. The van der Waals surface area contributed by atoms with Crippen LogP contribution in [0.4, 0.5) is 0 Å². The monoisotopic (exact) mass is 270 g/mol. The average molecular weight is 270 g/mol. The second-order valence-electron chi connectivity index (χ2n) is 5.00. The van der Waals surface area contributed by atoms with Crippen molar-refractivity contribution in [2.75, 3.05) is 0 Å². The Morgan fingerprint density at radius 3 is 2.45 bits per heavy atom. The highest BCUT2D eigenvalue weighted by atomic mass is 16.4. The zero-order chi connectivity index (χ0) is 14.5. The second kappa shape index (κ2) is 6.33. The highest BCUT2D eigenvalue weighted by Gasteiger charge is 2.12. The summed E-state index contributed by atoms with van der Waals surface area (Å²) in [7, 11) is 0. The van der Waals surface area contributed by atoms with Crippen LogP contribution in [-0.2, 0) is 4.79 Å². The molecule has 0 aliphatic carbocycles. The topological polar surface area (TPSA) is 54.4 Å². The van der Waals surface area contributed by atoms with E-state index in [0.717, 1.165) is 21.9 Å². The van der Waals surface area contributed by atoms with Crippen LogP contribution in [-0.4, -0.2) is 16.9 Å². The minimum Gasteiger partial charge on any atom is -0.481 e. The van der Waals surface area contributed by atoms with Crippen LogP contribution in [0.2, 0.25) is 0 Å². The predicted molar refractivity (Wildman–Crippen MR) is 79.1 cm³/mol. The molecule has 0 unspecified atom stereocenters. The molecule has 2 aromatic carbocycles. The van der Waals surface area contributed by atoms with Crippen LogP contribution in [0, 0.1) is 6.92 Å². The van der Waals surface area contributed by atoms with Crippen molar-refractivity contribution in [3.05, 3.63) is 47.5 Å². The van der Waals surface area contributed by atoms with Crippen molar-refractivity contribution in [2.24, 2.45) is 0 Å². The Hall–Kier alpha value is -2.16. The summed E-state index contributed by atoms with van der Waals surface area (Å²) < 4.78 is 0. The predicted octanol–water partition coefficient (Wildman–Crippen LogP) is 3.98. The van der Waals surface area contributed by atoms with Gasteiger partial charge in [0, 0.05) is 18.4 Å². The molecule has 0 saturated heterocycles. The first-order valence-corrected chi connectivity index (χ1v) is 6.83. The van der Waals surface area contributed by atoms with Crippen LogP contribution < -0.4 is 0 Å². The summed E-state index contributed by atoms with van der Waals surface area (Å²) >= 11 is 0. The molecule has 0 spiro atoms. The van der Waals surface area contributed by atoms with Crippen LogP contribution in [0.1, 0.15) is 41.6 Å². The van der Waals surface area contributed by atoms with Gasteiger partial charge in [-0.1, -0.05) is 36.4 Å². The number of unbranched alkanes of at least 4 members (excludes halogenated alkanes) is 1. The maximum Gasteiger partial charge on any atom is 0.303 e. The second-order valence-corrected chi connectivity index (χ2v) is 5.00. The van der Waals surface area contributed by atoms with E-state index in [9.17, 15) is 9.59 Å². The lowest BCUT2D eigenvalue weighted by atomic mass is 9.94. The first-order chi connectivity index (χ1) is 9.59. The van der Waals surface area contributed by atoms with Gasteiger partial charge in [0.15, 0.2) is 5.78 Å². The Labute approximate surface area is 118 Å². The number of ketones is 1. The van der Waals surface area contributed by atoms with Crippen molar-refractivity contribution >= 4 is 22.5 Å². The van der Waals surface area contributed by atoms with E-state index in [1.165, 1.54) is 0 Å². The molecule has 0 amide bonds. The molecule has 0 bridgehead atoms. The molecule has 20 heavy (non-hydrogen) atoms. The molecule has 0 radical (unpaired) electrons. The molecule has 0 fully saturated rings. The van der Waals surface area contributed by atoms with E-state index in [2.05, 4.69) is 0 Å². The Balaban J connectivity index is 2.17. The van der Waals surface area contributed by atoms with Crippen LogP contribution in [0.25, 0.3) is 10.8 Å². The molecule has 2 rings (SSSR count). The maximum absolute atomic E-state index is 12.4. The van der Waals surface area contributed by atoms with Gasteiger partial charge >= 0.3 is 5.97 Å². The number of carboxylic acids is 1. The lowest BCUT2D eigenvalue weighted by Gasteiger charge is -2.09. The van der Waals surface area contributed by atoms with Crippen molar-refractivity contribution in [3.63, 3.8) is 0 Å². The summed E-state index contributed by atoms with van der Waals surface area (Å²) in [6, 6.07) is 11.8. The molecule has 0 atom stereocenters. The minimum atomic E-state index is -0.807. The third-order valence-electron chi connectivity index (χ3n) is 3.46. The number of carbonyl (C=O) groups is 2. The summed E-state index contributed by atoms with van der Waals surface area (Å²) in [6.07, 6.45) is 1.70. The van der Waals surface area contributed by atoms with Gasteiger partial charge in [0.05, 0.1) is 0 Å². The molecule has 2 aromatic rings. The summed E-state index contributed by atoms with van der Waals surface area (Å²) in [5.74, 6) is -0.705. The zero-order valence-electron chi connectivity index (χ0n) is 11.6. The fraction of sp³-hybridized carbons (Fsp3) is 0.294. The van der Waals surface area contributed by atoms with E-state index >= 15 is 0 Å². The van der Waals surface area contributed by atoms with Crippen molar-refractivity contribution < 1.29 is 14.7 Å². The van der Waals surface area contributed by atoms with Gasteiger partial charge < -0.3 is 5.11 Å². The largest absolute Gasteiger partial charge is 0.481 e. The number of hydrogen-bond donors (Lipinski definition) is 1. The van der Waals surface area contributed by atoms with Crippen LogP contribution in [0.5, 0.6) is 0 Å². The van der Waals surface area contributed by atoms with Crippen molar-refractivity contribution in [1.82, 2.24) is 0 Å². The van der Waals surface area contributed by atoms with Gasteiger partial charge in [-0.15, -0.1) is 0 Å². The normalized spacial score (nSPS) is 10.7. The molecule has 3 heteroatoms. The highest BCUT2D eigenvalue weighted by Crippen LogP contribution is 2.24. The minimum absolute atomic E-state index is 0.102. The fourth-order valence-electron chi connectivity index (χ4n) is 2.44. The molecule has 3 nitrogen and oxygen atoms in total. The molecule has 0 aromatic heterocycles. The highest BCUT2D eigenvalue weighted by molar-refractivity contribution is 6.09. The number of Topliss-reactive ketones (excluding diaryl/α,β-unsaturated/α-hetero) is 1. The fourth-order valence-corrected chi connectivity index (χ4v) is 2.44. The van der Waals surface area contributed by atoms with E-state index < -0.39 is 5.97 Å². The lowest BCUT2D eigenvalue weighted by molar-refractivity contribution is -0.137. The van der Waals surface area contributed by atoms with Crippen molar-refractivity contribution in [2.45, 2.75) is 32.6 Å². The summed E-state index contributed by atoms with van der Waals surface area (Å²) in [4.78, 5) is 22.8. The Kier molecular flexibility index (Phi) is 4.51. The van der Waals surface area contributed by atoms with Gasteiger partial charge in [0.1, 0.15) is 0 Å². The van der Waals surface area contributed by atoms with Gasteiger partial charge in [-0.05, 0) is 36.1 Å². The SMILES string of the molecule is Cc1ccc2ccccc2c1C(=O)CCCCC(=O)O. The molecular weight excluding hydrogens is 252 g/mol. The Morgan fingerprint density at radius 2 is 1.70 bits per heavy atom. The van der Waals surface area contributed by atoms with Gasteiger partial charge in [-0.2, -0.15) is 0 Å². The number of aliphatic carboxylic acids is 1. The van der Waals surface area contributed by atoms with Gasteiger partial charge in [0.25, 0.3) is 0 Å². The number of benzene rings is 2. The lowest BCUT2D eigenvalue weighted by Crippen LogP contribution is -2.03. The first-order valence-electron chi connectivity index (χ1n) is 6.83. The molecule has 104 valence electrons. The molecule has 0 heterocycles. The van der Waals surface area contributed by atoms with E-state index in [-0.39, 0.29) is 12.2 Å². The maximum atomic E-state index is 12.4. The summed E-state index contributed by atoms with van der Waals surface area (Å²) in [5.41, 5.74) is 1.75. The summed E-state index contributed by atoms with van der Waals surface area (Å²) in [5, 5.41) is 10.6. The first kappa shape index (κ1) is 14.3. The molecule has 0 saturated carbocycles. The van der Waals surface area contributed by atoms with E-state index in [1.54, 1.807) is 0 Å². The van der Waals surface area contributed by atoms with Crippen molar-refractivity contribution in [1.29, 1.82) is 0 Å². The third-order valence-corrected chi connectivity index (χ3v) is 3.46. The standard InChI is InChI=1S/C17H18O3/c1-12-10-11-13-6-2-3-7-14(13)17(12)15(18)8-4-5-9-16(19)20/h2-3,6-7,10-11H,4-5,8-9H2,1H3,(H,19,20). The summed E-state index contributed by atoms with van der Waals surface area (Å²) in [6.45, 7) is 1.94. The van der Waals surface area contributed by atoms with Crippen molar-refractivity contribution in [3.8, 4) is 0 Å². The molecule has 0 aliphatic rings. The molecular formula is C17H18O3. The van der Waals surface area contributed by atoms with Crippen LogP contribution in [0.15, 0.2) is 36.4 Å². The number of rotatable bonds is 6. The number of aryl methyl sites for hydroxylation is 1. The van der Waals surface area contributed by atoms with Crippen LogP contribution >= 0.6 is 0 Å². The number of fused-ring (bicyclic) bond motifs is 1. The number of hydrogen-bond acceptors (Lipinski definition) is 2. The molecule has 1 N–H and O–H groups in total. The quantitative estimate of drug-likeness (QED) is 0.638. The van der Waals surface area contributed by atoms with E-state index in [4.69, 9.17) is 5.11 Å². The van der Waals surface area contributed by atoms with E-state index in [1.807, 2.05) is 43.3 Å². The number of carboxylic acid groups (broad SMARTS) is 1. The zero-order valence-corrected chi connectivity index (χ0v) is 11.6. The molecule has 0 aliphatic heterocycles. The smallest absolute Gasteiger partial charge is 0.303 e. The Morgan fingerprint density at radius 1 is 1.00 bits per heavy atom. The Bertz CT molecular complexity index is 644. The van der Waals surface area contributed by atoms with E-state index in [0.29, 0.717) is 19.3 Å². The number of carbonyl (C=O) groups excluding carboxylic acids is 1. The van der Waals surface area contributed by atoms with Crippen LogP contribution in [0.3, 0.4) is 0 Å². The van der Waals surface area contributed by atoms with Gasteiger partial charge in [-0.3, -0.25) is 9.59 Å². The average Bonchev–Trinajstić information content (AvgIpc) is 2.43.